The predicted molar refractivity (Wildman–Crippen MR) is 111 cm³/mol. The van der Waals surface area contributed by atoms with Crippen molar-refractivity contribution in [3.05, 3.63) is 35.9 Å². The van der Waals surface area contributed by atoms with Crippen molar-refractivity contribution in [3.8, 4) is 0 Å². The molecule has 134 valence electrons. The summed E-state index contributed by atoms with van der Waals surface area (Å²) in [7, 11) is 0. The van der Waals surface area contributed by atoms with Crippen molar-refractivity contribution in [2.75, 3.05) is 45.8 Å². The second-order valence-electron chi connectivity index (χ2n) is 6.49. The molecule has 0 aromatic heterocycles. The van der Waals surface area contributed by atoms with Crippen LogP contribution in [0.3, 0.4) is 0 Å². The first-order valence-corrected chi connectivity index (χ1v) is 8.82. The lowest BCUT2D eigenvalue weighted by molar-refractivity contribution is 0.0174. The van der Waals surface area contributed by atoms with E-state index in [0.717, 1.165) is 25.6 Å². The Morgan fingerprint density at radius 3 is 2.50 bits per heavy atom. The van der Waals surface area contributed by atoms with E-state index in [1.165, 1.54) is 31.7 Å². The number of nitrogens with zero attached hydrogens (tertiary/aromatic N) is 3. The quantitative estimate of drug-likeness (QED) is 0.415. The van der Waals surface area contributed by atoms with Crippen LogP contribution < -0.4 is 10.6 Å². The predicted octanol–water partition coefficient (Wildman–Crippen LogP) is 1.92. The molecule has 0 aliphatic carbocycles. The first-order chi connectivity index (χ1) is 11.3. The summed E-state index contributed by atoms with van der Waals surface area (Å²) in [4.78, 5) is 10.0. The van der Waals surface area contributed by atoms with Gasteiger partial charge in [0.15, 0.2) is 5.96 Å². The maximum absolute atomic E-state index is 4.85. The molecule has 3 aliphatic heterocycles. The van der Waals surface area contributed by atoms with E-state index in [2.05, 4.69) is 64.6 Å². The fraction of sp³-hybridized carbons (Fsp3) is 0.611. The minimum atomic E-state index is 0. The Morgan fingerprint density at radius 1 is 1.21 bits per heavy atom. The molecule has 6 heteroatoms. The second-order valence-corrected chi connectivity index (χ2v) is 6.49. The lowest BCUT2D eigenvalue weighted by atomic mass is 10.1. The van der Waals surface area contributed by atoms with Gasteiger partial charge in [0.25, 0.3) is 0 Å². The zero-order valence-corrected chi connectivity index (χ0v) is 17.1. The van der Waals surface area contributed by atoms with Crippen LogP contribution in [0.2, 0.25) is 0 Å². The maximum Gasteiger partial charge on any atom is 0.191 e. The third-order valence-corrected chi connectivity index (χ3v) is 4.85. The second kappa shape index (κ2) is 9.58. The molecule has 24 heavy (non-hydrogen) atoms. The van der Waals surface area contributed by atoms with E-state index in [0.29, 0.717) is 6.04 Å². The van der Waals surface area contributed by atoms with E-state index in [9.17, 15) is 0 Å². The minimum absolute atomic E-state index is 0. The molecule has 3 saturated heterocycles. The topological polar surface area (TPSA) is 42.9 Å². The van der Waals surface area contributed by atoms with Gasteiger partial charge in [-0.15, -0.1) is 24.0 Å². The largest absolute Gasteiger partial charge is 0.357 e. The SMILES string of the molecule is CCNC(=NCC1CN2CCN1CC2)NC(C)c1ccccc1.I. The van der Waals surface area contributed by atoms with Crippen molar-refractivity contribution < 1.29 is 0 Å². The number of halogens is 1. The van der Waals surface area contributed by atoms with Crippen molar-refractivity contribution >= 4 is 29.9 Å². The molecule has 0 radical (unpaired) electrons. The van der Waals surface area contributed by atoms with Crippen LogP contribution in [0.25, 0.3) is 0 Å². The monoisotopic (exact) mass is 443 g/mol. The molecule has 3 aliphatic rings. The number of rotatable bonds is 5. The Labute approximate surface area is 162 Å². The van der Waals surface area contributed by atoms with Gasteiger partial charge in [-0.25, -0.2) is 0 Å². The van der Waals surface area contributed by atoms with Crippen molar-refractivity contribution in [1.82, 2.24) is 20.4 Å². The highest BCUT2D eigenvalue weighted by Crippen LogP contribution is 2.16. The molecule has 5 nitrogen and oxygen atoms in total. The van der Waals surface area contributed by atoms with Gasteiger partial charge in [0.1, 0.15) is 0 Å². The molecule has 1 aromatic rings. The van der Waals surface area contributed by atoms with Crippen LogP contribution in [0.4, 0.5) is 0 Å². The number of piperazine rings is 3. The van der Waals surface area contributed by atoms with Crippen LogP contribution in [0.15, 0.2) is 35.3 Å². The van der Waals surface area contributed by atoms with Crippen LogP contribution in [0, 0.1) is 0 Å². The van der Waals surface area contributed by atoms with Gasteiger partial charge in [0.05, 0.1) is 12.6 Å². The first-order valence-electron chi connectivity index (χ1n) is 8.82. The third kappa shape index (κ3) is 5.07. The van der Waals surface area contributed by atoms with E-state index >= 15 is 0 Å². The Bertz CT molecular complexity index is 513. The van der Waals surface area contributed by atoms with Crippen molar-refractivity contribution in [2.24, 2.45) is 4.99 Å². The zero-order valence-electron chi connectivity index (χ0n) is 14.7. The number of benzene rings is 1. The molecule has 0 saturated carbocycles. The van der Waals surface area contributed by atoms with Crippen molar-refractivity contribution in [1.29, 1.82) is 0 Å². The molecule has 3 heterocycles. The van der Waals surface area contributed by atoms with Crippen LogP contribution in [-0.2, 0) is 0 Å². The van der Waals surface area contributed by atoms with Gasteiger partial charge in [0.2, 0.25) is 0 Å². The summed E-state index contributed by atoms with van der Waals surface area (Å²) in [6, 6.07) is 11.3. The number of aliphatic imine (C=N–C) groups is 1. The number of hydrogen-bond acceptors (Lipinski definition) is 3. The number of guanidine groups is 1. The number of hydrogen-bond donors (Lipinski definition) is 2. The van der Waals surface area contributed by atoms with E-state index in [1.54, 1.807) is 0 Å². The van der Waals surface area contributed by atoms with Crippen LogP contribution >= 0.6 is 24.0 Å². The zero-order chi connectivity index (χ0) is 16.1. The van der Waals surface area contributed by atoms with Crippen LogP contribution in [0.5, 0.6) is 0 Å². The van der Waals surface area contributed by atoms with Gasteiger partial charge in [-0.1, -0.05) is 30.3 Å². The summed E-state index contributed by atoms with van der Waals surface area (Å²) in [5.41, 5.74) is 1.28. The van der Waals surface area contributed by atoms with Crippen molar-refractivity contribution in [2.45, 2.75) is 25.9 Å². The summed E-state index contributed by atoms with van der Waals surface area (Å²) < 4.78 is 0. The first kappa shape index (κ1) is 19.5. The van der Waals surface area contributed by atoms with Gasteiger partial charge in [-0.05, 0) is 19.4 Å². The Hall–Kier alpha value is -0.860. The Balaban J connectivity index is 0.00000208. The highest BCUT2D eigenvalue weighted by Gasteiger charge is 2.31. The standard InChI is InChI=1S/C18H29N5.HI/c1-3-19-18(21-15(2)16-7-5-4-6-8-16)20-13-17-14-22-9-11-23(17)12-10-22;/h4-8,15,17H,3,9-14H2,1-2H3,(H2,19,20,21);1H. The van der Waals surface area contributed by atoms with Gasteiger partial charge in [-0.2, -0.15) is 0 Å². The molecular weight excluding hydrogens is 413 g/mol. The van der Waals surface area contributed by atoms with Gasteiger partial charge >= 0.3 is 0 Å². The molecule has 4 rings (SSSR count). The molecule has 1 aromatic carbocycles. The summed E-state index contributed by atoms with van der Waals surface area (Å²) in [5, 5.41) is 6.90. The molecule has 2 bridgehead atoms. The van der Waals surface area contributed by atoms with E-state index in [4.69, 9.17) is 4.99 Å². The van der Waals surface area contributed by atoms with Gasteiger partial charge < -0.3 is 10.6 Å². The lowest BCUT2D eigenvalue weighted by Gasteiger charge is -2.47. The van der Waals surface area contributed by atoms with Gasteiger partial charge in [-0.3, -0.25) is 14.8 Å². The summed E-state index contributed by atoms with van der Waals surface area (Å²) in [6.45, 7) is 12.1. The molecule has 0 amide bonds. The van der Waals surface area contributed by atoms with Crippen LogP contribution in [-0.4, -0.2) is 67.6 Å². The Kier molecular flexibility index (Phi) is 7.77. The molecule has 2 N–H and O–H groups in total. The molecular formula is C18H30IN5. The van der Waals surface area contributed by atoms with Gasteiger partial charge in [0, 0.05) is 45.3 Å². The summed E-state index contributed by atoms with van der Waals surface area (Å²) in [5.74, 6) is 0.918. The Morgan fingerprint density at radius 2 is 1.92 bits per heavy atom. The van der Waals surface area contributed by atoms with E-state index in [-0.39, 0.29) is 30.0 Å². The molecule has 2 atom stereocenters. The highest BCUT2D eigenvalue weighted by molar-refractivity contribution is 14.0. The lowest BCUT2D eigenvalue weighted by Crippen LogP contribution is -2.62. The maximum atomic E-state index is 4.85. The molecule has 2 unspecified atom stereocenters. The smallest absolute Gasteiger partial charge is 0.191 e. The van der Waals surface area contributed by atoms with Crippen molar-refractivity contribution in [3.63, 3.8) is 0 Å². The average molecular weight is 443 g/mol. The third-order valence-electron chi connectivity index (χ3n) is 4.85. The fourth-order valence-corrected chi connectivity index (χ4v) is 3.44. The summed E-state index contributed by atoms with van der Waals surface area (Å²) in [6.07, 6.45) is 0. The summed E-state index contributed by atoms with van der Waals surface area (Å²) >= 11 is 0. The van der Waals surface area contributed by atoms with E-state index < -0.39 is 0 Å². The fourth-order valence-electron chi connectivity index (χ4n) is 3.44. The highest BCUT2D eigenvalue weighted by atomic mass is 127. The van der Waals surface area contributed by atoms with E-state index in [1.807, 2.05) is 0 Å². The van der Waals surface area contributed by atoms with Crippen LogP contribution in [0.1, 0.15) is 25.5 Å². The number of fused-ring (bicyclic) bond motifs is 3. The average Bonchev–Trinajstić information content (AvgIpc) is 2.61. The normalized spacial score (nSPS) is 27.2. The molecule has 3 fully saturated rings. The number of nitrogens with one attached hydrogen (secondary N) is 2. The minimum Gasteiger partial charge on any atom is -0.357 e. The molecule has 0 spiro atoms.